The first-order valence-electron chi connectivity index (χ1n) is 10.2. The van der Waals surface area contributed by atoms with Crippen molar-refractivity contribution in [1.29, 1.82) is 0 Å². The van der Waals surface area contributed by atoms with Crippen LogP contribution in [0.15, 0.2) is 41.6 Å². The fraction of sp³-hybridized carbons (Fsp3) is 0.348. The molecule has 1 N–H and O–H groups in total. The Kier molecular flexibility index (Phi) is 5.81. The summed E-state index contributed by atoms with van der Waals surface area (Å²) in [5, 5.41) is 2.37. The standard InChI is InChI=1S/C23H25N3O3S/c1-15-7-8-19(16(2)11-15)24-21(27)14-26-22(28)20(30-23(26)29)12-17-9-10-25(13-17)18-5-3-4-6-18/h7-13,18H,3-6,14H2,1-2H3,(H,24,27)/b20-12+. The van der Waals surface area contributed by atoms with Crippen LogP contribution in [0, 0.1) is 13.8 Å². The molecule has 1 aromatic heterocycles. The molecule has 4 rings (SSSR count). The van der Waals surface area contributed by atoms with E-state index in [9.17, 15) is 14.4 Å². The van der Waals surface area contributed by atoms with Crippen LogP contribution in [0.25, 0.3) is 6.08 Å². The van der Waals surface area contributed by atoms with Gasteiger partial charge in [-0.3, -0.25) is 19.3 Å². The van der Waals surface area contributed by atoms with Gasteiger partial charge in [0.15, 0.2) is 0 Å². The first kappa shape index (κ1) is 20.5. The summed E-state index contributed by atoms with van der Waals surface area (Å²) in [7, 11) is 0. The van der Waals surface area contributed by atoms with Crippen LogP contribution in [-0.4, -0.2) is 33.1 Å². The predicted octanol–water partition coefficient (Wildman–Crippen LogP) is 4.90. The number of anilines is 1. The molecule has 0 spiro atoms. The molecule has 2 aromatic rings. The number of hydrogen-bond acceptors (Lipinski definition) is 4. The van der Waals surface area contributed by atoms with Gasteiger partial charge in [-0.25, -0.2) is 0 Å². The van der Waals surface area contributed by atoms with Gasteiger partial charge in [0.25, 0.3) is 11.1 Å². The highest BCUT2D eigenvalue weighted by Gasteiger charge is 2.36. The zero-order valence-electron chi connectivity index (χ0n) is 17.2. The molecule has 30 heavy (non-hydrogen) atoms. The third-order valence-electron chi connectivity index (χ3n) is 5.61. The monoisotopic (exact) mass is 423 g/mol. The van der Waals surface area contributed by atoms with Crippen molar-refractivity contribution in [3.63, 3.8) is 0 Å². The van der Waals surface area contributed by atoms with Crippen molar-refractivity contribution in [2.75, 3.05) is 11.9 Å². The van der Waals surface area contributed by atoms with E-state index in [2.05, 4.69) is 9.88 Å². The maximum Gasteiger partial charge on any atom is 0.294 e. The van der Waals surface area contributed by atoms with Crippen molar-refractivity contribution in [3.8, 4) is 0 Å². The van der Waals surface area contributed by atoms with E-state index in [0.29, 0.717) is 16.6 Å². The topological polar surface area (TPSA) is 71.4 Å². The molecule has 7 heteroatoms. The molecule has 1 saturated carbocycles. The quantitative estimate of drug-likeness (QED) is 0.695. The van der Waals surface area contributed by atoms with Crippen LogP contribution in [-0.2, 0) is 9.59 Å². The maximum absolute atomic E-state index is 12.7. The number of hydrogen-bond donors (Lipinski definition) is 1. The van der Waals surface area contributed by atoms with Crippen LogP contribution < -0.4 is 5.32 Å². The molecule has 1 aliphatic carbocycles. The highest BCUT2D eigenvalue weighted by molar-refractivity contribution is 8.18. The number of carbonyl (C=O) groups excluding carboxylic acids is 3. The second kappa shape index (κ2) is 8.52. The number of carbonyl (C=O) groups is 3. The first-order valence-corrected chi connectivity index (χ1v) is 11.0. The molecule has 0 radical (unpaired) electrons. The first-order chi connectivity index (χ1) is 14.4. The Balaban J connectivity index is 1.42. The number of thioether (sulfide) groups is 1. The summed E-state index contributed by atoms with van der Waals surface area (Å²) in [5.74, 6) is -0.813. The van der Waals surface area contributed by atoms with Crippen molar-refractivity contribution < 1.29 is 14.4 Å². The summed E-state index contributed by atoms with van der Waals surface area (Å²) in [5.41, 5.74) is 3.61. The molecule has 2 aliphatic rings. The highest BCUT2D eigenvalue weighted by Crippen LogP contribution is 2.33. The summed E-state index contributed by atoms with van der Waals surface area (Å²) in [4.78, 5) is 38.8. The third-order valence-corrected chi connectivity index (χ3v) is 6.52. The van der Waals surface area contributed by atoms with Gasteiger partial charge in [0.2, 0.25) is 5.91 Å². The van der Waals surface area contributed by atoms with E-state index in [1.165, 1.54) is 25.7 Å². The number of nitrogens with one attached hydrogen (secondary N) is 1. The van der Waals surface area contributed by atoms with E-state index >= 15 is 0 Å². The lowest BCUT2D eigenvalue weighted by molar-refractivity contribution is -0.127. The van der Waals surface area contributed by atoms with Gasteiger partial charge in [-0.05, 0) is 67.8 Å². The van der Waals surface area contributed by atoms with Crippen LogP contribution in [0.2, 0.25) is 0 Å². The largest absolute Gasteiger partial charge is 0.351 e. The van der Waals surface area contributed by atoms with Crippen LogP contribution in [0.1, 0.15) is 48.4 Å². The molecule has 6 nitrogen and oxygen atoms in total. The molecule has 1 aliphatic heterocycles. The van der Waals surface area contributed by atoms with E-state index in [0.717, 1.165) is 33.4 Å². The zero-order valence-corrected chi connectivity index (χ0v) is 18.0. The Hall–Kier alpha value is -2.80. The average Bonchev–Trinajstić information content (AvgIpc) is 3.43. The van der Waals surface area contributed by atoms with Crippen LogP contribution in [0.3, 0.4) is 0 Å². The highest BCUT2D eigenvalue weighted by atomic mass is 32.2. The van der Waals surface area contributed by atoms with Crippen LogP contribution in [0.5, 0.6) is 0 Å². The minimum atomic E-state index is -0.422. The third kappa shape index (κ3) is 4.36. The Morgan fingerprint density at radius 2 is 1.97 bits per heavy atom. The van der Waals surface area contributed by atoms with Gasteiger partial charge >= 0.3 is 0 Å². The smallest absolute Gasteiger partial charge is 0.294 e. The molecule has 2 fully saturated rings. The Morgan fingerprint density at radius 1 is 1.20 bits per heavy atom. The molecule has 3 amide bonds. The van der Waals surface area contributed by atoms with Crippen LogP contribution in [0.4, 0.5) is 10.5 Å². The second-order valence-corrected chi connectivity index (χ2v) is 8.96. The van der Waals surface area contributed by atoms with Crippen molar-refractivity contribution in [2.24, 2.45) is 0 Å². The minimum Gasteiger partial charge on any atom is -0.351 e. The van der Waals surface area contributed by atoms with Gasteiger partial charge < -0.3 is 9.88 Å². The summed E-state index contributed by atoms with van der Waals surface area (Å²) >= 11 is 0.881. The SMILES string of the molecule is Cc1ccc(NC(=O)CN2C(=O)S/C(=C/c3ccn(C4CCCC4)c3)C2=O)c(C)c1. The number of benzene rings is 1. The van der Waals surface area contributed by atoms with E-state index in [1.807, 2.05) is 50.5 Å². The van der Waals surface area contributed by atoms with E-state index in [1.54, 1.807) is 6.08 Å². The Bertz CT molecular complexity index is 1030. The minimum absolute atomic E-state index is 0.293. The Labute approximate surface area is 180 Å². The molecule has 1 saturated heterocycles. The maximum atomic E-state index is 12.7. The zero-order chi connectivity index (χ0) is 21.3. The molecule has 1 aromatic carbocycles. The lowest BCUT2D eigenvalue weighted by Crippen LogP contribution is -2.36. The fourth-order valence-corrected chi connectivity index (χ4v) is 4.86. The fourth-order valence-electron chi connectivity index (χ4n) is 4.02. The molecular formula is C23H25N3O3S. The van der Waals surface area contributed by atoms with E-state index in [4.69, 9.17) is 0 Å². The molecule has 2 heterocycles. The van der Waals surface area contributed by atoms with Crippen LogP contribution >= 0.6 is 11.8 Å². The summed E-state index contributed by atoms with van der Waals surface area (Å²) in [6, 6.07) is 8.18. The van der Waals surface area contributed by atoms with Gasteiger partial charge in [0.05, 0.1) is 4.91 Å². The van der Waals surface area contributed by atoms with Crippen molar-refractivity contribution in [3.05, 3.63) is 58.3 Å². The predicted molar refractivity (Wildman–Crippen MR) is 119 cm³/mol. The van der Waals surface area contributed by atoms with Gasteiger partial charge in [0, 0.05) is 24.1 Å². The van der Waals surface area contributed by atoms with Crippen molar-refractivity contribution in [1.82, 2.24) is 9.47 Å². The van der Waals surface area contributed by atoms with Gasteiger partial charge in [-0.1, -0.05) is 30.5 Å². The molecule has 156 valence electrons. The summed E-state index contributed by atoms with van der Waals surface area (Å²) < 4.78 is 2.19. The number of nitrogens with zero attached hydrogens (tertiary/aromatic N) is 2. The van der Waals surface area contributed by atoms with E-state index in [-0.39, 0.29) is 6.54 Å². The molecule has 0 unspecified atom stereocenters. The summed E-state index contributed by atoms with van der Waals surface area (Å²) in [6.45, 7) is 3.59. The van der Waals surface area contributed by atoms with E-state index < -0.39 is 17.1 Å². The Morgan fingerprint density at radius 3 is 2.70 bits per heavy atom. The lowest BCUT2D eigenvalue weighted by Gasteiger charge is -2.14. The van der Waals surface area contributed by atoms with Crippen molar-refractivity contribution >= 4 is 40.6 Å². The molecule has 0 atom stereocenters. The summed E-state index contributed by atoms with van der Waals surface area (Å²) in [6.07, 6.45) is 10.7. The van der Waals surface area contributed by atoms with Gasteiger partial charge in [0.1, 0.15) is 6.54 Å². The normalized spacial score (nSPS) is 18.6. The second-order valence-electron chi connectivity index (χ2n) is 7.96. The number of amides is 3. The number of aryl methyl sites for hydroxylation is 2. The number of imide groups is 1. The lowest BCUT2D eigenvalue weighted by atomic mass is 10.1. The van der Waals surface area contributed by atoms with Crippen molar-refractivity contribution in [2.45, 2.75) is 45.6 Å². The van der Waals surface area contributed by atoms with Gasteiger partial charge in [-0.15, -0.1) is 0 Å². The molecular weight excluding hydrogens is 398 g/mol. The average molecular weight is 424 g/mol. The number of aromatic nitrogens is 1. The molecule has 0 bridgehead atoms. The van der Waals surface area contributed by atoms with Gasteiger partial charge in [-0.2, -0.15) is 0 Å². The number of rotatable bonds is 5.